The highest BCUT2D eigenvalue weighted by Crippen LogP contribution is 2.68. The van der Waals surface area contributed by atoms with Crippen molar-refractivity contribution in [3.8, 4) is 0 Å². The highest BCUT2D eigenvalue weighted by Gasteiger charge is 2.62. The van der Waals surface area contributed by atoms with Crippen LogP contribution in [0.15, 0.2) is 18.2 Å². The zero-order valence-electron chi connectivity index (χ0n) is 24.2. The first-order chi connectivity index (χ1) is 18.8. The Bertz CT molecular complexity index is 1140. The van der Waals surface area contributed by atoms with E-state index in [4.69, 9.17) is 0 Å². The summed E-state index contributed by atoms with van der Waals surface area (Å²) in [6.45, 7) is 7.62. The van der Waals surface area contributed by atoms with Gasteiger partial charge >= 0.3 is 6.18 Å². The summed E-state index contributed by atoms with van der Waals surface area (Å²) in [6, 6.07) is 3.74. The fourth-order valence-corrected chi connectivity index (χ4v) is 10.7. The van der Waals surface area contributed by atoms with E-state index in [1.165, 1.54) is 18.6 Å². The number of aliphatic hydroxyl groups is 2. The van der Waals surface area contributed by atoms with Crippen LogP contribution in [0.25, 0.3) is 0 Å². The molecule has 4 aliphatic carbocycles. The Balaban J connectivity index is 1.11. The second-order valence-corrected chi connectivity index (χ2v) is 14.6. The van der Waals surface area contributed by atoms with E-state index in [9.17, 15) is 28.2 Å². The minimum Gasteiger partial charge on any atom is -0.393 e. The predicted octanol–water partition coefficient (Wildman–Crippen LogP) is 7.00. The van der Waals surface area contributed by atoms with E-state index in [0.29, 0.717) is 66.1 Å². The van der Waals surface area contributed by atoms with Gasteiger partial charge in [0, 0.05) is 18.7 Å². The Morgan fingerprint density at radius 3 is 2.52 bits per heavy atom. The standard InChI is InChI=1S/C33H46F3NO3/c1-19(4-9-29(40)37-15-12-20-16-21(33(34,35)36)5-8-27(20)37)24-6-7-25-30-26(11-14-32(24,25)3)31(2)13-10-23(38)17-22(31)18-28(30)39/h5,8,16,19,22-26,28,30,38-39H,4,6-7,9-15,17-18H2,1-3H3/t19-,22+,23-,24-,25+,26+,28+,30+,31+,32-/m1/s1. The number of alkyl halides is 3. The quantitative estimate of drug-likeness (QED) is 0.416. The van der Waals surface area contributed by atoms with Crippen LogP contribution in [0.2, 0.25) is 0 Å². The first-order valence-electron chi connectivity index (χ1n) is 15.7. The third-order valence-electron chi connectivity index (χ3n) is 12.8. The lowest BCUT2D eigenvalue weighted by molar-refractivity contribution is -0.174. The van der Waals surface area contributed by atoms with Crippen molar-refractivity contribution in [2.75, 3.05) is 11.4 Å². The van der Waals surface area contributed by atoms with Crippen LogP contribution >= 0.6 is 0 Å². The summed E-state index contributed by atoms with van der Waals surface area (Å²) < 4.78 is 39.4. The van der Waals surface area contributed by atoms with Crippen LogP contribution in [0.1, 0.15) is 96.1 Å². The van der Waals surface area contributed by atoms with Crippen LogP contribution in [0.3, 0.4) is 0 Å². The normalized spacial score (nSPS) is 41.6. The number of fused-ring (bicyclic) bond motifs is 6. The van der Waals surface area contributed by atoms with Crippen molar-refractivity contribution in [2.24, 2.45) is 46.3 Å². The molecule has 10 atom stereocenters. The monoisotopic (exact) mass is 561 g/mol. The number of amides is 1. The van der Waals surface area contributed by atoms with Gasteiger partial charge in [-0.2, -0.15) is 13.2 Å². The van der Waals surface area contributed by atoms with Gasteiger partial charge in [0.2, 0.25) is 5.91 Å². The topological polar surface area (TPSA) is 60.8 Å². The average Bonchev–Trinajstić information content (AvgIpc) is 3.48. The third-order valence-corrected chi connectivity index (χ3v) is 12.8. The van der Waals surface area contributed by atoms with Crippen LogP contribution < -0.4 is 4.90 Å². The highest BCUT2D eigenvalue weighted by molar-refractivity contribution is 5.95. The smallest absolute Gasteiger partial charge is 0.393 e. The molecule has 4 saturated carbocycles. The number of rotatable bonds is 4. The molecule has 7 heteroatoms. The highest BCUT2D eigenvalue weighted by atomic mass is 19.4. The molecule has 0 bridgehead atoms. The largest absolute Gasteiger partial charge is 0.416 e. The molecule has 1 aliphatic heterocycles. The summed E-state index contributed by atoms with van der Waals surface area (Å²) in [5, 5.41) is 21.8. The molecule has 222 valence electrons. The number of anilines is 1. The summed E-state index contributed by atoms with van der Waals surface area (Å²) in [6.07, 6.45) is 4.96. The number of halogens is 3. The lowest BCUT2D eigenvalue weighted by Gasteiger charge is -2.62. The van der Waals surface area contributed by atoms with Gasteiger partial charge < -0.3 is 15.1 Å². The van der Waals surface area contributed by atoms with Crippen molar-refractivity contribution in [2.45, 2.75) is 110 Å². The molecule has 1 aromatic rings. The number of hydrogen-bond donors (Lipinski definition) is 2. The molecule has 4 nitrogen and oxygen atoms in total. The van der Waals surface area contributed by atoms with Crippen molar-refractivity contribution in [1.29, 1.82) is 0 Å². The first kappa shape index (κ1) is 28.5. The molecule has 0 aromatic heterocycles. The molecular formula is C33H46F3NO3. The average molecular weight is 562 g/mol. The molecule has 0 spiro atoms. The number of benzene rings is 1. The predicted molar refractivity (Wildman–Crippen MR) is 149 cm³/mol. The van der Waals surface area contributed by atoms with Crippen molar-refractivity contribution in [3.63, 3.8) is 0 Å². The second-order valence-electron chi connectivity index (χ2n) is 14.6. The van der Waals surface area contributed by atoms with E-state index in [1.54, 1.807) is 4.90 Å². The molecule has 6 rings (SSSR count). The summed E-state index contributed by atoms with van der Waals surface area (Å²) in [7, 11) is 0. The van der Waals surface area contributed by atoms with E-state index in [-0.39, 0.29) is 28.9 Å². The lowest BCUT2D eigenvalue weighted by atomic mass is 9.43. The van der Waals surface area contributed by atoms with E-state index in [1.807, 2.05) is 0 Å². The minimum absolute atomic E-state index is 0.00919. The van der Waals surface area contributed by atoms with Crippen LogP contribution in [-0.4, -0.2) is 34.9 Å². The fourth-order valence-electron chi connectivity index (χ4n) is 10.7. The maximum atomic E-state index is 13.2. The van der Waals surface area contributed by atoms with Gasteiger partial charge in [-0.1, -0.05) is 20.8 Å². The Hall–Kier alpha value is -1.60. The zero-order chi connectivity index (χ0) is 28.6. The van der Waals surface area contributed by atoms with Gasteiger partial charge in [-0.15, -0.1) is 0 Å². The fraction of sp³-hybridized carbons (Fsp3) is 0.788. The van der Waals surface area contributed by atoms with Crippen molar-refractivity contribution in [3.05, 3.63) is 29.3 Å². The van der Waals surface area contributed by atoms with Crippen molar-refractivity contribution >= 4 is 11.6 Å². The number of carbonyl (C=O) groups is 1. The molecule has 5 aliphatic rings. The summed E-state index contributed by atoms with van der Waals surface area (Å²) in [4.78, 5) is 14.9. The Morgan fingerprint density at radius 2 is 1.77 bits per heavy atom. The molecule has 0 unspecified atom stereocenters. The molecule has 0 radical (unpaired) electrons. The van der Waals surface area contributed by atoms with Crippen molar-refractivity contribution in [1.82, 2.24) is 0 Å². The molecule has 4 fully saturated rings. The SMILES string of the molecule is C[C@H](CCC(=O)N1CCc2cc(C(F)(F)F)ccc21)[C@H]1CC[C@H]2[C@@H]3[C@@H](O)C[C@@H]4C[C@H](O)CC[C@]4(C)[C@H]3CC[C@]12C. The molecule has 1 amide bonds. The van der Waals surface area contributed by atoms with Crippen LogP contribution in [0.5, 0.6) is 0 Å². The van der Waals surface area contributed by atoms with E-state index < -0.39 is 11.7 Å². The van der Waals surface area contributed by atoms with Gasteiger partial charge in [-0.25, -0.2) is 0 Å². The number of nitrogens with zero attached hydrogens (tertiary/aromatic N) is 1. The van der Waals surface area contributed by atoms with E-state index in [2.05, 4.69) is 20.8 Å². The molecule has 2 N–H and O–H groups in total. The second kappa shape index (κ2) is 10.00. The van der Waals surface area contributed by atoms with Gasteiger partial charge in [-0.3, -0.25) is 4.79 Å². The van der Waals surface area contributed by atoms with Gasteiger partial charge in [0.25, 0.3) is 0 Å². The first-order valence-corrected chi connectivity index (χ1v) is 15.7. The molecule has 0 saturated heterocycles. The van der Waals surface area contributed by atoms with Gasteiger partial charge in [0.1, 0.15) is 0 Å². The lowest BCUT2D eigenvalue weighted by Crippen LogP contribution is -2.58. The number of hydrogen-bond acceptors (Lipinski definition) is 3. The molecule has 1 heterocycles. The van der Waals surface area contributed by atoms with Gasteiger partial charge in [0.05, 0.1) is 17.8 Å². The van der Waals surface area contributed by atoms with Crippen molar-refractivity contribution < 1.29 is 28.2 Å². The number of carbonyl (C=O) groups excluding carboxylic acids is 1. The number of aliphatic hydroxyl groups excluding tert-OH is 2. The zero-order valence-corrected chi connectivity index (χ0v) is 24.2. The Labute approximate surface area is 236 Å². The maximum absolute atomic E-state index is 13.2. The summed E-state index contributed by atoms with van der Waals surface area (Å²) in [5.74, 6) is 2.66. The molecule has 40 heavy (non-hydrogen) atoms. The summed E-state index contributed by atoms with van der Waals surface area (Å²) in [5.41, 5.74) is 0.962. The van der Waals surface area contributed by atoms with Gasteiger partial charge in [-0.05, 0) is 134 Å². The maximum Gasteiger partial charge on any atom is 0.416 e. The molecular weight excluding hydrogens is 515 g/mol. The Morgan fingerprint density at radius 1 is 1.05 bits per heavy atom. The van der Waals surface area contributed by atoms with E-state index >= 15 is 0 Å². The summed E-state index contributed by atoms with van der Waals surface area (Å²) >= 11 is 0. The van der Waals surface area contributed by atoms with Crippen LogP contribution in [0, 0.1) is 46.3 Å². The van der Waals surface area contributed by atoms with E-state index in [0.717, 1.165) is 57.4 Å². The minimum atomic E-state index is -4.37. The van der Waals surface area contributed by atoms with Crippen LogP contribution in [0.4, 0.5) is 18.9 Å². The van der Waals surface area contributed by atoms with Gasteiger partial charge in [0.15, 0.2) is 0 Å². The molecule has 1 aromatic carbocycles. The van der Waals surface area contributed by atoms with Crippen LogP contribution in [-0.2, 0) is 17.4 Å². The Kier molecular flexibility index (Phi) is 7.13. The third kappa shape index (κ3) is 4.53.